The van der Waals surface area contributed by atoms with Crippen molar-refractivity contribution in [3.8, 4) is 0 Å². The largest absolute Gasteiger partial charge is 0.366 e. The van der Waals surface area contributed by atoms with Gasteiger partial charge in [0.05, 0.1) is 24.7 Å². The van der Waals surface area contributed by atoms with Crippen LogP contribution in [0.5, 0.6) is 0 Å². The highest BCUT2D eigenvalue weighted by atomic mass is 32.2. The molecule has 7 nitrogen and oxygen atoms in total. The number of nitrogens with zero attached hydrogens (tertiary/aromatic N) is 3. The van der Waals surface area contributed by atoms with Gasteiger partial charge in [-0.3, -0.25) is 0 Å². The van der Waals surface area contributed by atoms with E-state index in [-0.39, 0.29) is 17.8 Å². The monoisotopic (exact) mass is 403 g/mol. The molecule has 3 atom stereocenters. The average molecular weight is 404 g/mol. The van der Waals surface area contributed by atoms with Crippen molar-refractivity contribution >= 4 is 21.6 Å². The Labute approximate surface area is 160 Å². The van der Waals surface area contributed by atoms with Crippen LogP contribution in [-0.2, 0) is 28.0 Å². The van der Waals surface area contributed by atoms with Crippen LogP contribution in [-0.4, -0.2) is 72.8 Å². The zero-order chi connectivity index (χ0) is 18.7. The molecular weight excluding hydrogens is 372 g/mol. The lowest BCUT2D eigenvalue weighted by Crippen LogP contribution is -3.15. The minimum absolute atomic E-state index is 0.176. The zero-order valence-corrected chi connectivity index (χ0v) is 17.6. The zero-order valence-electron chi connectivity index (χ0n) is 16.0. The van der Waals surface area contributed by atoms with E-state index in [2.05, 4.69) is 24.0 Å². The molecule has 0 radical (unpaired) electrons. The van der Waals surface area contributed by atoms with Crippen molar-refractivity contribution in [3.05, 3.63) is 5.82 Å². The quantitative estimate of drug-likeness (QED) is 0.637. The number of sulfone groups is 1. The third-order valence-corrected chi connectivity index (χ3v) is 8.13. The molecule has 2 fully saturated rings. The van der Waals surface area contributed by atoms with Crippen molar-refractivity contribution in [2.75, 3.05) is 43.5 Å². The summed E-state index contributed by atoms with van der Waals surface area (Å²) in [5, 5.41) is 9.50. The maximum absolute atomic E-state index is 11.6. The van der Waals surface area contributed by atoms with Crippen LogP contribution in [0.3, 0.4) is 0 Å². The Balaban J connectivity index is 1.50. The number of ether oxygens (including phenoxy) is 1. The number of nitrogens with one attached hydrogen (secondary N) is 1. The van der Waals surface area contributed by atoms with Crippen LogP contribution in [0.25, 0.3) is 0 Å². The van der Waals surface area contributed by atoms with Gasteiger partial charge in [-0.05, 0) is 12.3 Å². The van der Waals surface area contributed by atoms with Crippen LogP contribution < -0.4 is 4.90 Å². The Kier molecular flexibility index (Phi) is 6.63. The summed E-state index contributed by atoms with van der Waals surface area (Å²) in [5.41, 5.74) is 0. The molecule has 1 unspecified atom stereocenters. The minimum Gasteiger partial charge on any atom is -0.366 e. The number of morpholine rings is 1. The first kappa shape index (κ1) is 20.1. The average Bonchev–Trinajstić information content (AvgIpc) is 3.08. The molecule has 0 bridgehead atoms. The van der Waals surface area contributed by atoms with Crippen LogP contribution in [0, 0.1) is 11.8 Å². The molecule has 3 heterocycles. The highest BCUT2D eigenvalue weighted by Gasteiger charge is 2.30. The summed E-state index contributed by atoms with van der Waals surface area (Å²) in [4.78, 5) is 1.62. The van der Waals surface area contributed by atoms with Crippen LogP contribution in [0.15, 0.2) is 5.16 Å². The fourth-order valence-corrected chi connectivity index (χ4v) is 6.64. The highest BCUT2D eigenvalue weighted by molar-refractivity contribution is 7.99. The molecular formula is C17H31N4O3S2+. The Morgan fingerprint density at radius 2 is 2.19 bits per heavy atom. The van der Waals surface area contributed by atoms with Crippen LogP contribution in [0.2, 0.25) is 0 Å². The number of hydrogen-bond acceptors (Lipinski definition) is 6. The lowest BCUT2D eigenvalue weighted by atomic mass is 10.1. The lowest BCUT2D eigenvalue weighted by Gasteiger charge is -2.30. The molecule has 0 aliphatic carbocycles. The number of aromatic nitrogens is 3. The first-order chi connectivity index (χ1) is 12.3. The summed E-state index contributed by atoms with van der Waals surface area (Å²) >= 11 is 1.69. The van der Waals surface area contributed by atoms with Crippen molar-refractivity contribution < 1.29 is 18.1 Å². The Bertz CT molecular complexity index is 705. The van der Waals surface area contributed by atoms with Gasteiger partial charge in [-0.15, -0.1) is 10.2 Å². The summed E-state index contributed by atoms with van der Waals surface area (Å²) in [6.45, 7) is 8.70. The van der Waals surface area contributed by atoms with Crippen molar-refractivity contribution in [2.45, 2.75) is 37.9 Å². The summed E-state index contributed by atoms with van der Waals surface area (Å²) in [7, 11) is -0.871. The molecule has 148 valence electrons. The molecule has 2 aliphatic heterocycles. The molecule has 1 aromatic rings. The predicted octanol–water partition coefficient (Wildman–Crippen LogP) is -0.176. The minimum atomic E-state index is -2.84. The molecule has 0 amide bonds. The number of quaternary nitrogens is 1. The van der Waals surface area contributed by atoms with Gasteiger partial charge in [-0.2, -0.15) is 0 Å². The Hall–Kier alpha value is -0.640. The van der Waals surface area contributed by atoms with E-state index in [1.165, 1.54) is 6.54 Å². The van der Waals surface area contributed by atoms with E-state index in [1.54, 1.807) is 16.7 Å². The molecule has 1 N–H and O–H groups in total. The number of rotatable bonds is 7. The van der Waals surface area contributed by atoms with Crippen molar-refractivity contribution in [3.63, 3.8) is 0 Å². The van der Waals surface area contributed by atoms with E-state index in [4.69, 9.17) is 4.74 Å². The number of hydrogen-bond donors (Lipinski definition) is 1. The SMILES string of the molecule is CC(C)C[NH+]1CCO[C@H](CSc2nnc(C[C@@H]3CCS(=O)(=O)C3)n2C)C1. The van der Waals surface area contributed by atoms with E-state index in [0.29, 0.717) is 18.1 Å². The van der Waals surface area contributed by atoms with E-state index >= 15 is 0 Å². The third-order valence-electron chi connectivity index (χ3n) is 5.14. The van der Waals surface area contributed by atoms with E-state index in [9.17, 15) is 8.42 Å². The normalized spacial score (nSPS) is 28.7. The van der Waals surface area contributed by atoms with Gasteiger partial charge >= 0.3 is 0 Å². The van der Waals surface area contributed by atoms with Crippen molar-refractivity contribution in [1.29, 1.82) is 0 Å². The molecule has 0 aromatic carbocycles. The van der Waals surface area contributed by atoms with Crippen LogP contribution in [0.1, 0.15) is 26.1 Å². The van der Waals surface area contributed by atoms with E-state index in [1.807, 2.05) is 11.6 Å². The maximum Gasteiger partial charge on any atom is 0.191 e. The fourth-order valence-electron chi connectivity index (χ4n) is 3.83. The topological polar surface area (TPSA) is 78.5 Å². The standard InChI is InChI=1S/C17H30N4O3S2/c1-13(2)9-21-5-6-24-15(10-21)11-25-17-19-18-16(20(17)3)8-14-4-7-26(22,23)12-14/h13-15H,4-12H2,1-3H3/p+1/t14-,15-/m0/s1. The van der Waals surface area contributed by atoms with Gasteiger partial charge in [0.15, 0.2) is 15.0 Å². The third kappa shape index (κ3) is 5.43. The molecule has 2 saturated heterocycles. The summed E-state index contributed by atoms with van der Waals surface area (Å²) < 4.78 is 31.2. The van der Waals surface area contributed by atoms with Gasteiger partial charge in [0, 0.05) is 25.1 Å². The molecule has 3 rings (SSSR count). The van der Waals surface area contributed by atoms with Gasteiger partial charge in [0.2, 0.25) is 0 Å². The second-order valence-electron chi connectivity index (χ2n) is 8.04. The van der Waals surface area contributed by atoms with Crippen molar-refractivity contribution in [2.24, 2.45) is 18.9 Å². The molecule has 1 aromatic heterocycles. The van der Waals surface area contributed by atoms with E-state index in [0.717, 1.165) is 42.9 Å². The van der Waals surface area contributed by atoms with Gasteiger partial charge in [-0.25, -0.2) is 8.42 Å². The predicted molar refractivity (Wildman–Crippen MR) is 102 cm³/mol. The maximum atomic E-state index is 11.6. The van der Waals surface area contributed by atoms with Gasteiger partial charge in [0.1, 0.15) is 25.0 Å². The van der Waals surface area contributed by atoms with Gasteiger partial charge in [-0.1, -0.05) is 25.6 Å². The summed E-state index contributed by atoms with van der Waals surface area (Å²) in [5.74, 6) is 3.24. The van der Waals surface area contributed by atoms with E-state index < -0.39 is 9.84 Å². The molecule has 0 saturated carbocycles. The Morgan fingerprint density at radius 1 is 1.38 bits per heavy atom. The second kappa shape index (κ2) is 8.58. The smallest absolute Gasteiger partial charge is 0.191 e. The highest BCUT2D eigenvalue weighted by Crippen LogP contribution is 2.24. The summed E-state index contributed by atoms with van der Waals surface area (Å²) in [6, 6.07) is 0. The van der Waals surface area contributed by atoms with Gasteiger partial charge < -0.3 is 14.2 Å². The fraction of sp³-hybridized carbons (Fsp3) is 0.882. The molecule has 0 spiro atoms. The lowest BCUT2D eigenvalue weighted by molar-refractivity contribution is -0.914. The van der Waals surface area contributed by atoms with Crippen LogP contribution >= 0.6 is 11.8 Å². The summed E-state index contributed by atoms with van der Waals surface area (Å²) in [6.07, 6.45) is 1.68. The molecule has 26 heavy (non-hydrogen) atoms. The Morgan fingerprint density at radius 3 is 2.88 bits per heavy atom. The second-order valence-corrected chi connectivity index (χ2v) is 11.3. The van der Waals surface area contributed by atoms with Gasteiger partial charge in [0.25, 0.3) is 0 Å². The molecule has 9 heteroatoms. The number of thioether (sulfide) groups is 1. The van der Waals surface area contributed by atoms with Crippen molar-refractivity contribution in [1.82, 2.24) is 14.8 Å². The molecule has 2 aliphatic rings. The van der Waals surface area contributed by atoms with Crippen LogP contribution in [0.4, 0.5) is 0 Å². The first-order valence-electron chi connectivity index (χ1n) is 9.49. The first-order valence-corrected chi connectivity index (χ1v) is 12.3.